The lowest BCUT2D eigenvalue weighted by atomic mass is 10.3. The lowest BCUT2D eigenvalue weighted by Crippen LogP contribution is -2.57. The van der Waals surface area contributed by atoms with Crippen molar-refractivity contribution in [1.29, 1.82) is 0 Å². The van der Waals surface area contributed by atoms with Crippen molar-refractivity contribution in [2.24, 2.45) is 23.7 Å². The molecule has 0 amide bonds. The maximum absolute atomic E-state index is 8.11. The van der Waals surface area contributed by atoms with Crippen LogP contribution in [0.5, 0.6) is 0 Å². The van der Waals surface area contributed by atoms with Crippen molar-refractivity contribution in [2.75, 3.05) is 0 Å². The summed E-state index contributed by atoms with van der Waals surface area (Å²) < 4.78 is 8.11. The Morgan fingerprint density at radius 2 is 0.759 bits per heavy atom. The van der Waals surface area contributed by atoms with Crippen LogP contribution in [0.15, 0.2) is 0 Å². The van der Waals surface area contributed by atoms with E-state index in [2.05, 4.69) is 55.4 Å². The third-order valence-corrected chi connectivity index (χ3v) is 21.0. The zero-order valence-corrected chi connectivity index (χ0v) is 23.4. The minimum absolute atomic E-state index is 0.786. The molecule has 2 aliphatic carbocycles. The molecule has 172 valence electrons. The Morgan fingerprint density at radius 3 is 0.966 bits per heavy atom. The van der Waals surface area contributed by atoms with Crippen LogP contribution in [0.4, 0.5) is 0 Å². The van der Waals surface area contributed by atoms with Crippen LogP contribution >= 0.6 is 0 Å². The number of hydrogen-bond acceptors (Lipinski definition) is 1. The quantitative estimate of drug-likeness (QED) is 0.276. The fourth-order valence-corrected chi connectivity index (χ4v) is 23.3. The van der Waals surface area contributed by atoms with Gasteiger partial charge in [0.2, 0.25) is 0 Å². The van der Waals surface area contributed by atoms with E-state index in [1.807, 2.05) is 0 Å². The molecule has 2 aliphatic rings. The monoisotopic (exact) mass is 438 g/mol. The summed E-state index contributed by atoms with van der Waals surface area (Å²) in [5.41, 5.74) is 1.89. The van der Waals surface area contributed by atoms with E-state index >= 15 is 0 Å². The molecule has 0 aromatic heterocycles. The average molecular weight is 439 g/mol. The first-order valence-corrected chi connectivity index (χ1v) is 18.1. The van der Waals surface area contributed by atoms with Crippen molar-refractivity contribution in [3.05, 3.63) is 0 Å². The Labute approximate surface area is 186 Å². The van der Waals surface area contributed by atoms with Gasteiger partial charge in [-0.1, -0.05) is 107 Å². The first kappa shape index (κ1) is 25.7. The van der Waals surface area contributed by atoms with E-state index in [1.54, 1.807) is 0 Å². The SMILES string of the molecule is CC(C)C[Si](CC(C)C)(O[Si](CC(C)C)(CC(C)C)C1CCCC1)C1CCCC1. The maximum Gasteiger partial charge on any atom is 0.183 e. The molecule has 0 N–H and O–H groups in total. The van der Waals surface area contributed by atoms with Gasteiger partial charge in [0.15, 0.2) is 16.6 Å². The highest BCUT2D eigenvalue weighted by Crippen LogP contribution is 2.53. The second-order valence-electron chi connectivity index (χ2n) is 12.6. The third-order valence-electron chi connectivity index (χ3n) is 7.62. The summed E-state index contributed by atoms with van der Waals surface area (Å²) in [6.45, 7) is 19.8. The molecule has 0 atom stereocenters. The standard InChI is InChI=1S/C26H54OSi2/c1-21(2)17-28(18-22(3)4,25-13-9-10-14-25)27-29(19-23(5)6,20-24(7)8)26-15-11-12-16-26/h21-26H,9-20H2,1-8H3. The van der Waals surface area contributed by atoms with Crippen LogP contribution in [0.1, 0.15) is 107 Å². The van der Waals surface area contributed by atoms with E-state index in [4.69, 9.17) is 4.12 Å². The molecule has 0 aromatic carbocycles. The molecule has 2 rings (SSSR count). The topological polar surface area (TPSA) is 9.23 Å². The Kier molecular flexibility index (Phi) is 10.0. The summed E-state index contributed by atoms with van der Waals surface area (Å²) in [5, 5.41) is 0. The van der Waals surface area contributed by atoms with Crippen LogP contribution in [-0.4, -0.2) is 16.6 Å². The smallest absolute Gasteiger partial charge is 0.183 e. The van der Waals surface area contributed by atoms with Gasteiger partial charge in [-0.2, -0.15) is 0 Å². The van der Waals surface area contributed by atoms with E-state index in [0.717, 1.165) is 34.8 Å². The molecule has 2 fully saturated rings. The van der Waals surface area contributed by atoms with Gasteiger partial charge in [0.25, 0.3) is 0 Å². The van der Waals surface area contributed by atoms with Gasteiger partial charge < -0.3 is 4.12 Å². The summed E-state index contributed by atoms with van der Waals surface area (Å²) in [5.74, 6) is 3.15. The van der Waals surface area contributed by atoms with Crippen LogP contribution in [-0.2, 0) is 4.12 Å². The molecule has 0 bridgehead atoms. The summed E-state index contributed by atoms with van der Waals surface area (Å²) in [7, 11) is -3.53. The first-order valence-electron chi connectivity index (χ1n) is 13.3. The second-order valence-corrected chi connectivity index (χ2v) is 20.9. The van der Waals surface area contributed by atoms with Crippen molar-refractivity contribution >= 4 is 16.6 Å². The van der Waals surface area contributed by atoms with Crippen LogP contribution in [0.3, 0.4) is 0 Å². The molecule has 0 unspecified atom stereocenters. The Morgan fingerprint density at radius 1 is 0.517 bits per heavy atom. The summed E-state index contributed by atoms with van der Waals surface area (Å²) in [6.07, 6.45) is 11.8. The molecule has 0 aromatic rings. The average Bonchev–Trinajstić information content (AvgIpc) is 3.26. The van der Waals surface area contributed by atoms with Crippen molar-refractivity contribution in [3.8, 4) is 0 Å². The van der Waals surface area contributed by atoms with Gasteiger partial charge in [-0.05, 0) is 58.9 Å². The highest BCUT2D eigenvalue weighted by Gasteiger charge is 2.54. The van der Waals surface area contributed by atoms with Crippen molar-refractivity contribution < 1.29 is 4.12 Å². The van der Waals surface area contributed by atoms with E-state index < -0.39 is 16.6 Å². The zero-order chi connectivity index (χ0) is 21.7. The normalized spacial score (nSPS) is 20.3. The van der Waals surface area contributed by atoms with Gasteiger partial charge in [0.1, 0.15) is 0 Å². The fourth-order valence-electron chi connectivity index (χ4n) is 7.24. The summed E-state index contributed by atoms with van der Waals surface area (Å²) in [4.78, 5) is 0. The van der Waals surface area contributed by atoms with E-state index in [1.165, 1.54) is 75.5 Å². The molecule has 2 saturated carbocycles. The van der Waals surface area contributed by atoms with Gasteiger partial charge in [-0.3, -0.25) is 0 Å². The first-order chi connectivity index (χ1) is 13.6. The van der Waals surface area contributed by atoms with Crippen LogP contribution in [0.25, 0.3) is 0 Å². The fraction of sp³-hybridized carbons (Fsp3) is 1.00. The highest BCUT2D eigenvalue weighted by molar-refractivity contribution is 6.88. The van der Waals surface area contributed by atoms with E-state index in [9.17, 15) is 0 Å². The van der Waals surface area contributed by atoms with Crippen LogP contribution in [0.2, 0.25) is 35.3 Å². The highest BCUT2D eigenvalue weighted by atomic mass is 28.4. The molecule has 29 heavy (non-hydrogen) atoms. The zero-order valence-electron chi connectivity index (χ0n) is 21.4. The number of rotatable bonds is 12. The lowest BCUT2D eigenvalue weighted by Gasteiger charge is -2.50. The predicted molar refractivity (Wildman–Crippen MR) is 136 cm³/mol. The van der Waals surface area contributed by atoms with E-state index in [0.29, 0.717) is 0 Å². The molecule has 0 saturated heterocycles. The third kappa shape index (κ3) is 7.21. The van der Waals surface area contributed by atoms with Crippen molar-refractivity contribution in [3.63, 3.8) is 0 Å². The molecule has 1 nitrogen and oxygen atoms in total. The van der Waals surface area contributed by atoms with Crippen molar-refractivity contribution in [1.82, 2.24) is 0 Å². The van der Waals surface area contributed by atoms with E-state index in [-0.39, 0.29) is 0 Å². The van der Waals surface area contributed by atoms with Gasteiger partial charge in [-0.15, -0.1) is 0 Å². The van der Waals surface area contributed by atoms with Gasteiger partial charge in [-0.25, -0.2) is 0 Å². The Bertz CT molecular complexity index is 397. The number of hydrogen-bond donors (Lipinski definition) is 0. The maximum atomic E-state index is 8.11. The van der Waals surface area contributed by atoms with Crippen molar-refractivity contribution in [2.45, 2.75) is 142 Å². The molecule has 0 heterocycles. The van der Waals surface area contributed by atoms with Crippen LogP contribution < -0.4 is 0 Å². The molecule has 0 spiro atoms. The summed E-state index contributed by atoms with van der Waals surface area (Å²) >= 11 is 0. The van der Waals surface area contributed by atoms with Gasteiger partial charge in [0.05, 0.1) is 0 Å². The lowest BCUT2D eigenvalue weighted by molar-refractivity contribution is 0.415. The summed E-state index contributed by atoms with van der Waals surface area (Å²) in [6, 6.07) is 5.70. The second kappa shape index (κ2) is 11.3. The molecule has 0 radical (unpaired) electrons. The predicted octanol–water partition coefficient (Wildman–Crippen LogP) is 9.41. The molecular formula is C26H54OSi2. The minimum Gasteiger partial charge on any atom is -0.454 e. The van der Waals surface area contributed by atoms with Gasteiger partial charge in [0, 0.05) is 0 Å². The Balaban J connectivity index is 2.50. The minimum atomic E-state index is -1.76. The largest absolute Gasteiger partial charge is 0.454 e. The van der Waals surface area contributed by atoms with Gasteiger partial charge >= 0.3 is 0 Å². The Hall–Kier alpha value is 0.394. The van der Waals surface area contributed by atoms with Crippen LogP contribution in [0, 0.1) is 23.7 Å². The molecule has 0 aliphatic heterocycles. The molecule has 3 heteroatoms. The molecular weight excluding hydrogens is 384 g/mol.